The normalized spacial score (nSPS) is 16.0. The maximum atomic E-state index is 13.3. The minimum atomic E-state index is -6.77. The Morgan fingerprint density at radius 3 is 1.28 bits per heavy atom. The van der Waals surface area contributed by atoms with E-state index in [0.29, 0.717) is 13.1 Å². The predicted molar refractivity (Wildman–Crippen MR) is 48.9 cm³/mol. The lowest BCUT2D eigenvalue weighted by atomic mass is 10.1. The van der Waals surface area contributed by atoms with Crippen molar-refractivity contribution < 1.29 is 39.5 Å². The van der Waals surface area contributed by atoms with Crippen molar-refractivity contribution in [1.82, 2.24) is 0 Å². The van der Waals surface area contributed by atoms with Gasteiger partial charge in [-0.25, -0.2) is 8.78 Å². The van der Waals surface area contributed by atoms with Crippen LogP contribution in [0.3, 0.4) is 0 Å². The second-order valence-electron chi connectivity index (χ2n) is 4.46. The molecule has 0 aromatic carbocycles. The minimum absolute atomic E-state index is 0.566. The third-order valence-electron chi connectivity index (χ3n) is 2.88. The van der Waals surface area contributed by atoms with Crippen molar-refractivity contribution >= 4 is 8.07 Å². The van der Waals surface area contributed by atoms with Crippen LogP contribution in [-0.2, 0) is 0 Å². The summed E-state index contributed by atoms with van der Waals surface area (Å²) in [5.74, 6) is -13.2. The second-order valence-corrected chi connectivity index (χ2v) is 9.56. The van der Waals surface area contributed by atoms with Crippen LogP contribution >= 0.6 is 0 Å². The summed E-state index contributed by atoms with van der Waals surface area (Å²) in [5.41, 5.74) is -5.38. The quantitative estimate of drug-likeness (QED) is 0.521. The Bertz CT molecular complexity index is 304. The third-order valence-corrected chi connectivity index (χ3v) is 6.66. The lowest BCUT2D eigenvalue weighted by Gasteiger charge is -2.40. The van der Waals surface area contributed by atoms with Gasteiger partial charge in [0, 0.05) is 0 Å². The molecule has 10 heteroatoms. The fourth-order valence-electron chi connectivity index (χ4n) is 1.02. The average Bonchev–Trinajstić information content (AvgIpc) is 2.15. The molecule has 0 amide bonds. The Balaban J connectivity index is 5.80. The van der Waals surface area contributed by atoms with Crippen LogP contribution in [0.4, 0.5) is 39.5 Å². The van der Waals surface area contributed by atoms with Gasteiger partial charge in [0.25, 0.3) is 5.55 Å². The molecule has 0 aromatic heterocycles. The van der Waals surface area contributed by atoms with E-state index in [9.17, 15) is 39.5 Å². The summed E-state index contributed by atoms with van der Waals surface area (Å²) in [5, 5.41) is 0. The van der Waals surface area contributed by atoms with Gasteiger partial charge in [-0.05, 0) is 0 Å². The zero-order valence-electron chi connectivity index (χ0n) is 9.61. The van der Waals surface area contributed by atoms with Gasteiger partial charge >= 0.3 is 18.0 Å². The Kier molecular flexibility index (Phi) is 4.21. The summed E-state index contributed by atoms with van der Waals surface area (Å²) < 4.78 is 113. The number of hydrogen-bond donors (Lipinski definition) is 0. The van der Waals surface area contributed by atoms with Gasteiger partial charge in [-0.1, -0.05) is 26.1 Å². The largest absolute Gasteiger partial charge is 0.460 e. The first-order valence-electron chi connectivity index (χ1n) is 4.76. The fraction of sp³-hybridized carbons (Fsp3) is 1.00. The molecule has 110 valence electrons. The minimum Gasteiger partial charge on any atom is -0.205 e. The Labute approximate surface area is 98.2 Å². The molecule has 0 saturated heterocycles. The molecule has 0 radical (unpaired) electrons. The van der Waals surface area contributed by atoms with E-state index in [4.69, 9.17) is 0 Å². The first kappa shape index (κ1) is 17.6. The number of alkyl halides is 9. The molecular formula is C8H11F9Si. The van der Waals surface area contributed by atoms with Crippen molar-refractivity contribution in [3.63, 3.8) is 0 Å². The van der Waals surface area contributed by atoms with Crippen LogP contribution in [-0.4, -0.2) is 31.6 Å². The highest BCUT2D eigenvalue weighted by Gasteiger charge is 2.83. The van der Waals surface area contributed by atoms with Crippen molar-refractivity contribution in [2.24, 2.45) is 0 Å². The molecule has 0 aliphatic rings. The van der Waals surface area contributed by atoms with E-state index in [1.54, 1.807) is 0 Å². The van der Waals surface area contributed by atoms with Crippen molar-refractivity contribution in [3.8, 4) is 0 Å². The van der Waals surface area contributed by atoms with E-state index in [0.717, 1.165) is 6.92 Å². The number of hydrogen-bond acceptors (Lipinski definition) is 0. The van der Waals surface area contributed by atoms with E-state index in [1.165, 1.54) is 0 Å². The molecule has 0 fully saturated rings. The molecule has 0 bridgehead atoms. The summed E-state index contributed by atoms with van der Waals surface area (Å²) in [6.45, 7) is 2.31. The van der Waals surface area contributed by atoms with Crippen LogP contribution in [0.25, 0.3) is 0 Å². The first-order valence-corrected chi connectivity index (χ1v) is 7.97. The third kappa shape index (κ3) is 2.23. The maximum absolute atomic E-state index is 13.3. The lowest BCUT2D eigenvalue weighted by molar-refractivity contribution is -0.384. The van der Waals surface area contributed by atoms with Crippen LogP contribution in [0.5, 0.6) is 0 Å². The van der Waals surface area contributed by atoms with Crippen molar-refractivity contribution in [2.75, 3.05) is 0 Å². The van der Waals surface area contributed by atoms with Gasteiger partial charge in [-0.2, -0.15) is 30.7 Å². The van der Waals surface area contributed by atoms with Crippen LogP contribution in [0.2, 0.25) is 19.1 Å². The van der Waals surface area contributed by atoms with E-state index in [-0.39, 0.29) is 0 Å². The van der Waals surface area contributed by atoms with Crippen LogP contribution < -0.4 is 0 Å². The molecule has 0 nitrogen and oxygen atoms in total. The monoisotopic (exact) mass is 306 g/mol. The second kappa shape index (κ2) is 4.31. The zero-order valence-corrected chi connectivity index (χ0v) is 10.6. The first-order chi connectivity index (χ1) is 7.56. The molecule has 0 spiro atoms. The Morgan fingerprint density at radius 2 is 1.06 bits per heavy atom. The van der Waals surface area contributed by atoms with E-state index in [1.807, 2.05) is 0 Å². The molecule has 0 atom stereocenters. The highest BCUT2D eigenvalue weighted by atomic mass is 28.3. The molecule has 18 heavy (non-hydrogen) atoms. The van der Waals surface area contributed by atoms with Crippen LogP contribution in [0, 0.1) is 0 Å². The summed E-state index contributed by atoms with van der Waals surface area (Å²) in [4.78, 5) is 0. The van der Waals surface area contributed by atoms with Crippen molar-refractivity contribution in [2.45, 2.75) is 49.6 Å². The molecule has 0 heterocycles. The standard InChI is InChI=1S/C8H11F9Si/c1-4-18(2,3)8(16,17)6(11,12)5(9,10)7(13,14)15/h4H2,1-3H3. The predicted octanol–water partition coefficient (Wildman–Crippen LogP) is 4.72. The molecule has 0 saturated carbocycles. The fourth-order valence-corrected chi connectivity index (χ4v) is 2.47. The number of rotatable bonds is 4. The molecule has 0 rings (SSSR count). The van der Waals surface area contributed by atoms with Crippen LogP contribution in [0.1, 0.15) is 6.92 Å². The summed E-state index contributed by atoms with van der Waals surface area (Å²) in [6, 6.07) is -0.566. The van der Waals surface area contributed by atoms with E-state index in [2.05, 4.69) is 0 Å². The highest BCUT2D eigenvalue weighted by Crippen LogP contribution is 2.55. The van der Waals surface area contributed by atoms with Crippen LogP contribution in [0.15, 0.2) is 0 Å². The summed E-state index contributed by atoms with van der Waals surface area (Å²) in [7, 11) is -4.29. The number of halogens is 9. The van der Waals surface area contributed by atoms with E-state index < -0.39 is 37.7 Å². The van der Waals surface area contributed by atoms with Crippen molar-refractivity contribution in [3.05, 3.63) is 0 Å². The van der Waals surface area contributed by atoms with Gasteiger partial charge in [-0.3, -0.25) is 0 Å². The van der Waals surface area contributed by atoms with Gasteiger partial charge in [0.15, 0.2) is 0 Å². The molecule has 0 N–H and O–H groups in total. The zero-order chi connectivity index (χ0) is 15.2. The van der Waals surface area contributed by atoms with Gasteiger partial charge in [-0.15, -0.1) is 0 Å². The van der Waals surface area contributed by atoms with Gasteiger partial charge < -0.3 is 0 Å². The maximum Gasteiger partial charge on any atom is 0.460 e. The SMILES string of the molecule is CC[Si](C)(C)C(F)(F)C(F)(F)C(F)(F)C(F)(F)F. The average molecular weight is 306 g/mol. The molecule has 0 unspecified atom stereocenters. The topological polar surface area (TPSA) is 0 Å². The molecule has 0 aromatic rings. The Morgan fingerprint density at radius 1 is 0.722 bits per heavy atom. The summed E-state index contributed by atoms with van der Waals surface area (Å²) in [6.07, 6.45) is -6.74. The smallest absolute Gasteiger partial charge is 0.205 e. The van der Waals surface area contributed by atoms with Gasteiger partial charge in [0.05, 0.1) is 0 Å². The Hall–Kier alpha value is -0.413. The van der Waals surface area contributed by atoms with E-state index >= 15 is 0 Å². The summed E-state index contributed by atoms with van der Waals surface area (Å²) >= 11 is 0. The van der Waals surface area contributed by atoms with Gasteiger partial charge in [0.1, 0.15) is 8.07 Å². The molecule has 0 aliphatic carbocycles. The lowest BCUT2D eigenvalue weighted by Crippen LogP contribution is -2.68. The van der Waals surface area contributed by atoms with Gasteiger partial charge in [0.2, 0.25) is 0 Å². The molecular weight excluding hydrogens is 295 g/mol. The highest BCUT2D eigenvalue weighted by molar-refractivity contribution is 6.79. The van der Waals surface area contributed by atoms with Crippen molar-refractivity contribution in [1.29, 1.82) is 0 Å². The molecule has 0 aliphatic heterocycles.